The second-order valence-corrected chi connectivity index (χ2v) is 9.60. The summed E-state index contributed by atoms with van der Waals surface area (Å²) < 4.78 is 10.8. The van der Waals surface area contributed by atoms with E-state index in [0.29, 0.717) is 24.2 Å². The fourth-order valence-corrected chi connectivity index (χ4v) is 4.45. The Kier molecular flexibility index (Phi) is 9.69. The number of phenolic OH excluding ortho intramolecular Hbond substituents is 1. The molecule has 1 saturated carbocycles. The first-order chi connectivity index (χ1) is 15.9. The third-order valence-corrected chi connectivity index (χ3v) is 5.72. The van der Waals surface area contributed by atoms with E-state index in [1.165, 1.54) is 18.1 Å². The van der Waals surface area contributed by atoms with E-state index in [0.717, 1.165) is 12.8 Å². The molecule has 0 spiro atoms. The number of phenols is 1. The number of hydrogen-bond donors (Lipinski definition) is 3. The van der Waals surface area contributed by atoms with Crippen LogP contribution in [0.4, 0.5) is 0 Å². The third-order valence-electron chi connectivity index (χ3n) is 5.72. The van der Waals surface area contributed by atoms with E-state index in [-0.39, 0.29) is 24.9 Å². The molecule has 10 heteroatoms. The molecule has 0 radical (unpaired) electrons. The summed E-state index contributed by atoms with van der Waals surface area (Å²) in [5, 5.41) is 29.2. The minimum absolute atomic E-state index is 0.0373. The molecule has 0 unspecified atom stereocenters. The van der Waals surface area contributed by atoms with Crippen LogP contribution in [0, 0.1) is 0 Å². The molecule has 0 aliphatic heterocycles. The van der Waals surface area contributed by atoms with Crippen LogP contribution in [0.2, 0.25) is 0 Å². The van der Waals surface area contributed by atoms with Crippen molar-refractivity contribution in [1.82, 2.24) is 9.80 Å². The van der Waals surface area contributed by atoms with Crippen LogP contribution in [-0.4, -0.2) is 87.5 Å². The SMILES string of the molecule is COc1ccc(O)c(CN(CC(=O)OC(C)(C)C)[C@H]2CCCC[C@@H]2N(CC(=O)O)CC(=O)O)c1. The molecule has 0 bridgehead atoms. The molecule has 2 atom stereocenters. The smallest absolute Gasteiger partial charge is 0.320 e. The van der Waals surface area contributed by atoms with Gasteiger partial charge in [-0.05, 0) is 51.8 Å². The summed E-state index contributed by atoms with van der Waals surface area (Å²) in [7, 11) is 1.52. The Labute approximate surface area is 200 Å². The fourth-order valence-electron chi connectivity index (χ4n) is 4.45. The lowest BCUT2D eigenvalue weighted by atomic mass is 9.87. The molecule has 1 aromatic rings. The minimum atomic E-state index is -1.12. The normalized spacial score (nSPS) is 18.6. The molecule has 1 aromatic carbocycles. The van der Waals surface area contributed by atoms with Crippen molar-refractivity contribution in [1.29, 1.82) is 0 Å². The van der Waals surface area contributed by atoms with Crippen molar-refractivity contribution >= 4 is 17.9 Å². The second-order valence-electron chi connectivity index (χ2n) is 9.60. The van der Waals surface area contributed by atoms with Crippen LogP contribution < -0.4 is 4.74 Å². The first-order valence-corrected chi connectivity index (χ1v) is 11.4. The lowest BCUT2D eigenvalue weighted by Crippen LogP contribution is -2.56. The zero-order valence-electron chi connectivity index (χ0n) is 20.3. The van der Waals surface area contributed by atoms with Gasteiger partial charge in [0.2, 0.25) is 0 Å². The summed E-state index contributed by atoms with van der Waals surface area (Å²) >= 11 is 0. The molecular weight excluding hydrogens is 444 g/mol. The molecular formula is C24H36N2O8. The molecule has 1 aliphatic rings. The highest BCUT2D eigenvalue weighted by molar-refractivity contribution is 5.73. The highest BCUT2D eigenvalue weighted by atomic mass is 16.6. The second kappa shape index (κ2) is 12.0. The number of benzene rings is 1. The lowest BCUT2D eigenvalue weighted by molar-refractivity contribution is -0.158. The van der Waals surface area contributed by atoms with Gasteiger partial charge in [0.25, 0.3) is 0 Å². The maximum absolute atomic E-state index is 12.8. The Morgan fingerprint density at radius 1 is 0.971 bits per heavy atom. The summed E-state index contributed by atoms with van der Waals surface area (Å²) in [5.41, 5.74) is -0.152. The summed E-state index contributed by atoms with van der Waals surface area (Å²) in [6.07, 6.45) is 2.92. The minimum Gasteiger partial charge on any atom is -0.508 e. The number of hydrogen-bond acceptors (Lipinski definition) is 8. The predicted molar refractivity (Wildman–Crippen MR) is 124 cm³/mol. The molecule has 10 nitrogen and oxygen atoms in total. The van der Waals surface area contributed by atoms with Gasteiger partial charge in [0.1, 0.15) is 17.1 Å². The molecule has 34 heavy (non-hydrogen) atoms. The van der Waals surface area contributed by atoms with E-state index in [4.69, 9.17) is 9.47 Å². The number of aromatic hydroxyl groups is 1. The number of ether oxygens (including phenoxy) is 2. The van der Waals surface area contributed by atoms with Crippen molar-refractivity contribution in [3.63, 3.8) is 0 Å². The number of carbonyl (C=O) groups excluding carboxylic acids is 1. The number of esters is 1. The van der Waals surface area contributed by atoms with Gasteiger partial charge in [0.05, 0.1) is 26.7 Å². The number of aliphatic carboxylic acids is 2. The van der Waals surface area contributed by atoms with Crippen molar-refractivity contribution < 1.29 is 39.2 Å². The third kappa shape index (κ3) is 8.49. The van der Waals surface area contributed by atoms with Gasteiger partial charge in [-0.25, -0.2) is 0 Å². The summed E-state index contributed by atoms with van der Waals surface area (Å²) in [5.74, 6) is -2.11. The van der Waals surface area contributed by atoms with Gasteiger partial charge in [-0.2, -0.15) is 0 Å². The Morgan fingerprint density at radius 3 is 2.03 bits per heavy atom. The number of carboxylic acids is 2. The van der Waals surface area contributed by atoms with Gasteiger partial charge in [-0.3, -0.25) is 24.2 Å². The summed E-state index contributed by atoms with van der Waals surface area (Å²) in [6, 6.07) is 4.12. The lowest BCUT2D eigenvalue weighted by Gasteiger charge is -2.44. The molecule has 0 saturated heterocycles. The standard InChI is InChI=1S/C24H36N2O8/c1-24(2,3)34-23(32)15-25(12-16-11-17(33-4)9-10-20(16)27)18-7-5-6-8-19(18)26(13-21(28)29)14-22(30)31/h9-11,18-19,27H,5-8,12-15H2,1-4H3,(H,28,29)(H,30,31)/t18-,19-/m0/s1. The van der Waals surface area contributed by atoms with Gasteiger partial charge in [-0.15, -0.1) is 0 Å². The van der Waals surface area contributed by atoms with Gasteiger partial charge in [0, 0.05) is 24.2 Å². The largest absolute Gasteiger partial charge is 0.508 e. The maximum Gasteiger partial charge on any atom is 0.320 e. The van der Waals surface area contributed by atoms with Crippen LogP contribution in [0.1, 0.15) is 52.0 Å². The van der Waals surface area contributed by atoms with Crippen LogP contribution in [0.15, 0.2) is 18.2 Å². The van der Waals surface area contributed by atoms with Crippen molar-refractivity contribution in [2.75, 3.05) is 26.7 Å². The molecule has 1 fully saturated rings. The van der Waals surface area contributed by atoms with Gasteiger partial charge in [-0.1, -0.05) is 12.8 Å². The number of rotatable bonds is 11. The van der Waals surface area contributed by atoms with Crippen LogP contribution in [0.5, 0.6) is 11.5 Å². The van der Waals surface area contributed by atoms with E-state index >= 15 is 0 Å². The van der Waals surface area contributed by atoms with E-state index < -0.39 is 42.6 Å². The zero-order chi connectivity index (χ0) is 25.5. The number of carboxylic acid groups (broad SMARTS) is 2. The van der Waals surface area contributed by atoms with Gasteiger partial charge >= 0.3 is 17.9 Å². The maximum atomic E-state index is 12.8. The average molecular weight is 481 g/mol. The molecule has 3 N–H and O–H groups in total. The van der Waals surface area contributed by atoms with Crippen LogP contribution in [0.3, 0.4) is 0 Å². The quantitative estimate of drug-likeness (QED) is 0.405. The van der Waals surface area contributed by atoms with Crippen molar-refractivity contribution in [3.05, 3.63) is 23.8 Å². The van der Waals surface area contributed by atoms with Gasteiger partial charge < -0.3 is 24.8 Å². The number of carbonyl (C=O) groups is 3. The monoisotopic (exact) mass is 480 g/mol. The van der Waals surface area contributed by atoms with Crippen LogP contribution >= 0.6 is 0 Å². The Hall–Kier alpha value is -2.85. The highest BCUT2D eigenvalue weighted by Crippen LogP contribution is 2.31. The van der Waals surface area contributed by atoms with E-state index in [9.17, 15) is 29.7 Å². The Balaban J connectivity index is 2.41. The van der Waals surface area contributed by atoms with Crippen molar-refractivity contribution in [3.8, 4) is 11.5 Å². The van der Waals surface area contributed by atoms with Crippen molar-refractivity contribution in [2.45, 2.75) is 70.7 Å². The molecule has 1 aliphatic carbocycles. The average Bonchev–Trinajstić information content (AvgIpc) is 2.72. The summed E-state index contributed by atoms with van der Waals surface area (Å²) in [4.78, 5) is 39.0. The molecule has 0 amide bonds. The topological polar surface area (TPSA) is 137 Å². The first-order valence-electron chi connectivity index (χ1n) is 11.4. The zero-order valence-corrected chi connectivity index (χ0v) is 20.3. The molecule has 0 heterocycles. The van der Waals surface area contributed by atoms with E-state index in [2.05, 4.69) is 0 Å². The number of nitrogens with zero attached hydrogens (tertiary/aromatic N) is 2. The Bertz CT molecular complexity index is 851. The van der Waals surface area contributed by atoms with Gasteiger partial charge in [0.15, 0.2) is 0 Å². The summed E-state index contributed by atoms with van der Waals surface area (Å²) in [6.45, 7) is 4.56. The molecule has 190 valence electrons. The van der Waals surface area contributed by atoms with Crippen LogP contribution in [-0.2, 0) is 25.7 Å². The Morgan fingerprint density at radius 2 is 1.53 bits per heavy atom. The first kappa shape index (κ1) is 27.4. The van der Waals surface area contributed by atoms with E-state index in [1.54, 1.807) is 32.9 Å². The van der Waals surface area contributed by atoms with Crippen molar-refractivity contribution in [2.24, 2.45) is 0 Å². The van der Waals surface area contributed by atoms with E-state index in [1.807, 2.05) is 4.90 Å². The fraction of sp³-hybridized carbons (Fsp3) is 0.625. The number of methoxy groups -OCH3 is 1. The van der Waals surface area contributed by atoms with Crippen LogP contribution in [0.25, 0.3) is 0 Å². The highest BCUT2D eigenvalue weighted by Gasteiger charge is 2.37. The molecule has 2 rings (SSSR count). The predicted octanol–water partition coefficient (Wildman–Crippen LogP) is 2.33. The molecule has 0 aromatic heterocycles.